The zero-order valence-electron chi connectivity index (χ0n) is 12.2. The Hall–Kier alpha value is -2.27. The molecule has 0 amide bonds. The molecular formula is C17H15BrO4. The second kappa shape index (κ2) is 7.13. The lowest BCUT2D eigenvalue weighted by Crippen LogP contribution is -1.95. The fourth-order valence-corrected chi connectivity index (χ4v) is 2.28. The van der Waals surface area contributed by atoms with Gasteiger partial charge in [0.1, 0.15) is 5.75 Å². The Morgan fingerprint density at radius 1 is 1.09 bits per heavy atom. The van der Waals surface area contributed by atoms with Crippen molar-refractivity contribution < 1.29 is 19.4 Å². The molecule has 0 aliphatic carbocycles. The molecule has 0 fully saturated rings. The van der Waals surface area contributed by atoms with E-state index in [0.717, 1.165) is 10.0 Å². The Bertz CT molecular complexity index is 723. The lowest BCUT2D eigenvalue weighted by molar-refractivity contribution is 0.104. The zero-order chi connectivity index (χ0) is 16.1. The number of hydrogen-bond acceptors (Lipinski definition) is 4. The third kappa shape index (κ3) is 3.68. The molecule has 22 heavy (non-hydrogen) atoms. The standard InChI is InChI=1S/C17H15BrO4/c1-21-16-8-4-11(9-17(16)22-2)3-6-14(19)13-10-12(18)5-7-15(13)20/h3-10,20H,1-2H3/b6-3+. The summed E-state index contributed by atoms with van der Waals surface area (Å²) < 4.78 is 11.1. The fourth-order valence-electron chi connectivity index (χ4n) is 1.92. The first-order chi connectivity index (χ1) is 10.5. The van der Waals surface area contributed by atoms with Crippen LogP contribution in [0.2, 0.25) is 0 Å². The van der Waals surface area contributed by atoms with E-state index in [2.05, 4.69) is 15.9 Å². The monoisotopic (exact) mass is 362 g/mol. The van der Waals surface area contributed by atoms with Crippen molar-refractivity contribution in [1.82, 2.24) is 0 Å². The van der Waals surface area contributed by atoms with Crippen molar-refractivity contribution >= 4 is 27.8 Å². The Morgan fingerprint density at radius 2 is 1.82 bits per heavy atom. The summed E-state index contributed by atoms with van der Waals surface area (Å²) in [6, 6.07) is 10.1. The number of methoxy groups -OCH3 is 2. The van der Waals surface area contributed by atoms with Crippen molar-refractivity contribution in [2.45, 2.75) is 0 Å². The molecule has 0 unspecified atom stereocenters. The van der Waals surface area contributed by atoms with Crippen LogP contribution in [-0.2, 0) is 0 Å². The summed E-state index contributed by atoms with van der Waals surface area (Å²) >= 11 is 3.28. The van der Waals surface area contributed by atoms with Crippen LogP contribution in [0.1, 0.15) is 15.9 Å². The van der Waals surface area contributed by atoms with Gasteiger partial charge in [0.15, 0.2) is 17.3 Å². The van der Waals surface area contributed by atoms with Crippen LogP contribution in [0, 0.1) is 0 Å². The minimum absolute atomic E-state index is 0.0508. The predicted octanol–water partition coefficient (Wildman–Crippen LogP) is 4.07. The fraction of sp³-hybridized carbons (Fsp3) is 0.118. The van der Waals surface area contributed by atoms with Gasteiger partial charge in [-0.05, 0) is 42.0 Å². The van der Waals surface area contributed by atoms with Gasteiger partial charge >= 0.3 is 0 Å². The third-order valence-corrected chi connectivity index (χ3v) is 3.55. The summed E-state index contributed by atoms with van der Waals surface area (Å²) in [6.07, 6.45) is 3.06. The summed E-state index contributed by atoms with van der Waals surface area (Å²) in [4.78, 5) is 12.1. The van der Waals surface area contributed by atoms with Gasteiger partial charge in [-0.2, -0.15) is 0 Å². The van der Waals surface area contributed by atoms with Gasteiger partial charge in [-0.25, -0.2) is 0 Å². The van der Waals surface area contributed by atoms with Gasteiger partial charge in [0.2, 0.25) is 0 Å². The summed E-state index contributed by atoms with van der Waals surface area (Å²) in [5.41, 5.74) is 1.03. The Balaban J connectivity index is 2.24. The summed E-state index contributed by atoms with van der Waals surface area (Å²) in [5.74, 6) is 0.872. The molecule has 1 N–H and O–H groups in total. The van der Waals surface area contributed by atoms with Crippen molar-refractivity contribution in [2.24, 2.45) is 0 Å². The molecule has 0 aliphatic heterocycles. The predicted molar refractivity (Wildman–Crippen MR) is 88.7 cm³/mol. The lowest BCUT2D eigenvalue weighted by Gasteiger charge is -2.07. The maximum Gasteiger partial charge on any atom is 0.189 e. The van der Waals surface area contributed by atoms with Crippen molar-refractivity contribution in [3.05, 3.63) is 58.1 Å². The molecule has 0 saturated carbocycles. The number of carbonyl (C=O) groups excluding carboxylic acids is 1. The molecule has 0 aromatic heterocycles. The first kappa shape index (κ1) is 16.1. The summed E-state index contributed by atoms with van der Waals surface area (Å²) in [5, 5.41) is 9.74. The number of halogens is 1. The van der Waals surface area contributed by atoms with E-state index in [1.807, 2.05) is 6.07 Å². The maximum absolute atomic E-state index is 12.1. The maximum atomic E-state index is 12.1. The highest BCUT2D eigenvalue weighted by Crippen LogP contribution is 2.28. The van der Waals surface area contributed by atoms with Gasteiger partial charge in [0.25, 0.3) is 0 Å². The van der Waals surface area contributed by atoms with Gasteiger partial charge in [-0.15, -0.1) is 0 Å². The SMILES string of the molecule is COc1ccc(/C=C/C(=O)c2cc(Br)ccc2O)cc1OC. The second-order valence-electron chi connectivity index (χ2n) is 4.47. The number of ether oxygens (including phenoxy) is 2. The first-order valence-corrected chi connectivity index (χ1v) is 7.27. The van der Waals surface area contributed by atoms with Crippen molar-refractivity contribution in [1.29, 1.82) is 0 Å². The highest BCUT2D eigenvalue weighted by Gasteiger charge is 2.09. The van der Waals surface area contributed by atoms with E-state index in [9.17, 15) is 9.90 Å². The molecule has 4 nitrogen and oxygen atoms in total. The highest BCUT2D eigenvalue weighted by molar-refractivity contribution is 9.10. The third-order valence-electron chi connectivity index (χ3n) is 3.06. The molecule has 5 heteroatoms. The molecule has 0 bridgehead atoms. The van der Waals surface area contributed by atoms with Crippen molar-refractivity contribution in [2.75, 3.05) is 14.2 Å². The molecule has 0 saturated heterocycles. The van der Waals surface area contributed by atoms with Crippen molar-refractivity contribution in [3.8, 4) is 17.2 Å². The Morgan fingerprint density at radius 3 is 2.50 bits per heavy atom. The molecule has 0 atom stereocenters. The number of hydrogen-bond donors (Lipinski definition) is 1. The highest BCUT2D eigenvalue weighted by atomic mass is 79.9. The van der Waals surface area contributed by atoms with Gasteiger partial charge in [-0.1, -0.05) is 28.1 Å². The van der Waals surface area contributed by atoms with Crippen LogP contribution in [0.5, 0.6) is 17.2 Å². The smallest absolute Gasteiger partial charge is 0.189 e. The molecule has 2 rings (SSSR count). The number of phenols is 1. The summed E-state index contributed by atoms with van der Waals surface area (Å²) in [6.45, 7) is 0. The van der Waals surface area contributed by atoms with E-state index in [1.165, 1.54) is 12.1 Å². The van der Waals surface area contributed by atoms with Crippen LogP contribution >= 0.6 is 15.9 Å². The molecule has 2 aromatic carbocycles. The van der Waals surface area contributed by atoms with Gasteiger partial charge in [0, 0.05) is 4.47 Å². The number of phenolic OH excluding ortho intramolecular Hbond substituents is 1. The average molecular weight is 363 g/mol. The molecule has 0 aliphatic rings. The Labute approximate surface area is 137 Å². The van der Waals surface area contributed by atoms with Crippen molar-refractivity contribution in [3.63, 3.8) is 0 Å². The Kier molecular flexibility index (Phi) is 5.22. The second-order valence-corrected chi connectivity index (χ2v) is 5.39. The number of ketones is 1. The van der Waals surface area contributed by atoms with Gasteiger partial charge < -0.3 is 14.6 Å². The topological polar surface area (TPSA) is 55.8 Å². The number of benzene rings is 2. The van der Waals surface area contributed by atoms with E-state index in [1.54, 1.807) is 44.6 Å². The summed E-state index contributed by atoms with van der Waals surface area (Å²) in [7, 11) is 3.11. The van der Waals surface area contributed by atoms with Gasteiger partial charge in [0.05, 0.1) is 19.8 Å². The van der Waals surface area contributed by atoms with Crippen LogP contribution in [0.4, 0.5) is 0 Å². The van der Waals surface area contributed by atoms with E-state index < -0.39 is 0 Å². The molecule has 2 aromatic rings. The number of carbonyl (C=O) groups is 1. The molecular weight excluding hydrogens is 348 g/mol. The van der Waals surface area contributed by atoms with Crippen LogP contribution < -0.4 is 9.47 Å². The number of aromatic hydroxyl groups is 1. The van der Waals surface area contributed by atoms with Crippen LogP contribution in [0.3, 0.4) is 0 Å². The van der Waals surface area contributed by atoms with E-state index in [4.69, 9.17) is 9.47 Å². The van der Waals surface area contributed by atoms with E-state index >= 15 is 0 Å². The normalized spacial score (nSPS) is 10.7. The quantitative estimate of drug-likeness (QED) is 0.643. The van der Waals surface area contributed by atoms with Crippen LogP contribution in [-0.4, -0.2) is 25.1 Å². The van der Waals surface area contributed by atoms with E-state index in [-0.39, 0.29) is 17.1 Å². The number of allylic oxidation sites excluding steroid dienone is 1. The molecule has 0 heterocycles. The molecule has 0 radical (unpaired) electrons. The van der Waals surface area contributed by atoms with E-state index in [0.29, 0.717) is 11.5 Å². The number of rotatable bonds is 5. The lowest BCUT2D eigenvalue weighted by atomic mass is 10.1. The minimum atomic E-state index is -0.284. The first-order valence-electron chi connectivity index (χ1n) is 6.48. The minimum Gasteiger partial charge on any atom is -0.507 e. The van der Waals surface area contributed by atoms with Crippen LogP contribution in [0.15, 0.2) is 46.9 Å². The zero-order valence-corrected chi connectivity index (χ0v) is 13.8. The van der Waals surface area contributed by atoms with Crippen LogP contribution in [0.25, 0.3) is 6.08 Å². The molecule has 114 valence electrons. The largest absolute Gasteiger partial charge is 0.507 e. The molecule has 0 spiro atoms. The average Bonchev–Trinajstić information content (AvgIpc) is 2.54. The van der Waals surface area contributed by atoms with Gasteiger partial charge in [-0.3, -0.25) is 4.79 Å².